The molecule has 2 aromatic rings. The summed E-state index contributed by atoms with van der Waals surface area (Å²) in [4.78, 5) is 15.9. The van der Waals surface area contributed by atoms with Crippen molar-refractivity contribution in [1.82, 2.24) is 10.3 Å². The van der Waals surface area contributed by atoms with Gasteiger partial charge in [-0.1, -0.05) is 23.7 Å². The fourth-order valence-corrected chi connectivity index (χ4v) is 2.15. The van der Waals surface area contributed by atoms with E-state index in [0.29, 0.717) is 35.3 Å². The SMILES string of the molecule is COc1ccc(CCNC(=O)c2cccc(Cl)n2)cc1OC. The lowest BCUT2D eigenvalue weighted by molar-refractivity contribution is 0.0949. The summed E-state index contributed by atoms with van der Waals surface area (Å²) in [7, 11) is 3.18. The summed E-state index contributed by atoms with van der Waals surface area (Å²) in [5.41, 5.74) is 1.34. The topological polar surface area (TPSA) is 60.5 Å². The van der Waals surface area contributed by atoms with Crippen LogP contribution < -0.4 is 14.8 Å². The predicted octanol–water partition coefficient (Wildman–Crippen LogP) is 2.72. The van der Waals surface area contributed by atoms with Gasteiger partial charge in [-0.2, -0.15) is 0 Å². The molecule has 0 atom stereocenters. The van der Waals surface area contributed by atoms with Gasteiger partial charge in [-0.3, -0.25) is 4.79 Å². The van der Waals surface area contributed by atoms with Crippen LogP contribution in [0.25, 0.3) is 0 Å². The molecule has 5 nitrogen and oxygen atoms in total. The van der Waals surface area contributed by atoms with E-state index in [0.717, 1.165) is 5.56 Å². The number of carbonyl (C=O) groups is 1. The minimum Gasteiger partial charge on any atom is -0.493 e. The van der Waals surface area contributed by atoms with Crippen molar-refractivity contribution in [1.29, 1.82) is 0 Å². The van der Waals surface area contributed by atoms with Crippen LogP contribution in [-0.4, -0.2) is 31.7 Å². The van der Waals surface area contributed by atoms with Crippen LogP contribution in [-0.2, 0) is 6.42 Å². The number of hydrogen-bond acceptors (Lipinski definition) is 4. The van der Waals surface area contributed by atoms with E-state index in [4.69, 9.17) is 21.1 Å². The van der Waals surface area contributed by atoms with Gasteiger partial charge in [0.1, 0.15) is 10.8 Å². The number of hydrogen-bond donors (Lipinski definition) is 1. The van der Waals surface area contributed by atoms with Crippen molar-refractivity contribution in [2.24, 2.45) is 0 Å². The first-order valence-corrected chi connectivity index (χ1v) is 7.13. The van der Waals surface area contributed by atoms with E-state index in [1.165, 1.54) is 0 Å². The van der Waals surface area contributed by atoms with Gasteiger partial charge in [0.25, 0.3) is 5.91 Å². The summed E-state index contributed by atoms with van der Waals surface area (Å²) < 4.78 is 10.4. The fraction of sp³-hybridized carbons (Fsp3) is 0.250. The molecule has 1 amide bonds. The Kier molecular flexibility index (Phi) is 5.61. The summed E-state index contributed by atoms with van der Waals surface area (Å²) in [6, 6.07) is 10.6. The molecule has 1 aromatic carbocycles. The summed E-state index contributed by atoms with van der Waals surface area (Å²) in [5, 5.41) is 3.11. The molecule has 0 saturated carbocycles. The molecular formula is C16H17ClN2O3. The standard InChI is InChI=1S/C16H17ClN2O3/c1-21-13-7-6-11(10-14(13)22-2)8-9-18-16(20)12-4-3-5-15(17)19-12/h3-7,10H,8-9H2,1-2H3,(H,18,20). The lowest BCUT2D eigenvalue weighted by Gasteiger charge is -2.10. The highest BCUT2D eigenvalue weighted by atomic mass is 35.5. The minimum absolute atomic E-state index is 0.247. The van der Waals surface area contributed by atoms with Crippen LogP contribution in [0, 0.1) is 0 Å². The van der Waals surface area contributed by atoms with Crippen molar-refractivity contribution in [3.8, 4) is 11.5 Å². The zero-order valence-electron chi connectivity index (χ0n) is 12.4. The van der Waals surface area contributed by atoms with E-state index >= 15 is 0 Å². The van der Waals surface area contributed by atoms with Crippen molar-refractivity contribution in [3.05, 3.63) is 52.8 Å². The summed E-state index contributed by atoms with van der Waals surface area (Å²) in [6.07, 6.45) is 0.673. The number of rotatable bonds is 6. The van der Waals surface area contributed by atoms with Gasteiger partial charge in [0.05, 0.1) is 14.2 Å². The molecule has 0 bridgehead atoms. The second-order valence-corrected chi connectivity index (χ2v) is 4.93. The van der Waals surface area contributed by atoms with Gasteiger partial charge in [0, 0.05) is 6.54 Å². The largest absolute Gasteiger partial charge is 0.493 e. The molecule has 1 aromatic heterocycles. The smallest absolute Gasteiger partial charge is 0.269 e. The lowest BCUT2D eigenvalue weighted by atomic mass is 10.1. The number of aromatic nitrogens is 1. The van der Waals surface area contributed by atoms with Crippen LogP contribution in [0.5, 0.6) is 11.5 Å². The Morgan fingerprint density at radius 2 is 1.95 bits per heavy atom. The highest BCUT2D eigenvalue weighted by Crippen LogP contribution is 2.27. The van der Waals surface area contributed by atoms with E-state index in [9.17, 15) is 4.79 Å². The number of nitrogens with one attached hydrogen (secondary N) is 1. The van der Waals surface area contributed by atoms with Crippen LogP contribution in [0.4, 0.5) is 0 Å². The van der Waals surface area contributed by atoms with Crippen LogP contribution in [0.2, 0.25) is 5.15 Å². The molecule has 0 unspecified atom stereocenters. The molecule has 1 N–H and O–H groups in total. The molecule has 22 heavy (non-hydrogen) atoms. The second kappa shape index (κ2) is 7.66. The van der Waals surface area contributed by atoms with E-state index < -0.39 is 0 Å². The number of amides is 1. The van der Waals surface area contributed by atoms with Gasteiger partial charge in [-0.25, -0.2) is 4.98 Å². The van der Waals surface area contributed by atoms with Crippen molar-refractivity contribution < 1.29 is 14.3 Å². The van der Waals surface area contributed by atoms with Gasteiger partial charge in [0.15, 0.2) is 11.5 Å². The molecule has 0 aliphatic rings. The van der Waals surface area contributed by atoms with Crippen molar-refractivity contribution >= 4 is 17.5 Å². The van der Waals surface area contributed by atoms with Crippen molar-refractivity contribution in [3.63, 3.8) is 0 Å². The Labute approximate surface area is 134 Å². The van der Waals surface area contributed by atoms with Gasteiger partial charge in [-0.15, -0.1) is 0 Å². The van der Waals surface area contributed by atoms with Crippen molar-refractivity contribution in [2.45, 2.75) is 6.42 Å². The number of methoxy groups -OCH3 is 2. The maximum atomic E-state index is 11.9. The predicted molar refractivity (Wildman–Crippen MR) is 84.8 cm³/mol. The molecule has 0 saturated heterocycles. The van der Waals surface area contributed by atoms with E-state index in [2.05, 4.69) is 10.3 Å². The Morgan fingerprint density at radius 1 is 1.18 bits per heavy atom. The van der Waals surface area contributed by atoms with E-state index in [1.54, 1.807) is 32.4 Å². The zero-order valence-corrected chi connectivity index (χ0v) is 13.2. The van der Waals surface area contributed by atoms with Gasteiger partial charge in [0.2, 0.25) is 0 Å². The Bertz CT molecular complexity index is 662. The van der Waals surface area contributed by atoms with E-state index in [1.807, 2.05) is 18.2 Å². The Balaban J connectivity index is 1.92. The number of carbonyl (C=O) groups excluding carboxylic acids is 1. The molecule has 2 rings (SSSR count). The molecular weight excluding hydrogens is 304 g/mol. The summed E-state index contributed by atoms with van der Waals surface area (Å²) >= 11 is 5.76. The van der Waals surface area contributed by atoms with Crippen molar-refractivity contribution in [2.75, 3.05) is 20.8 Å². The number of benzene rings is 1. The maximum Gasteiger partial charge on any atom is 0.269 e. The average Bonchev–Trinajstić information content (AvgIpc) is 2.54. The number of pyridine rings is 1. The number of ether oxygens (including phenoxy) is 2. The third-order valence-electron chi connectivity index (χ3n) is 3.09. The first-order chi connectivity index (χ1) is 10.6. The van der Waals surface area contributed by atoms with Gasteiger partial charge < -0.3 is 14.8 Å². The normalized spacial score (nSPS) is 10.1. The average molecular weight is 321 g/mol. The summed E-state index contributed by atoms with van der Waals surface area (Å²) in [5.74, 6) is 1.10. The molecule has 116 valence electrons. The highest BCUT2D eigenvalue weighted by molar-refractivity contribution is 6.29. The molecule has 0 radical (unpaired) electrons. The summed E-state index contributed by atoms with van der Waals surface area (Å²) in [6.45, 7) is 0.489. The Hall–Kier alpha value is -2.27. The molecule has 0 fully saturated rings. The molecule has 1 heterocycles. The zero-order chi connectivity index (χ0) is 15.9. The first kappa shape index (κ1) is 16.1. The number of nitrogens with zero attached hydrogens (tertiary/aromatic N) is 1. The van der Waals surface area contributed by atoms with Gasteiger partial charge >= 0.3 is 0 Å². The third kappa shape index (κ3) is 4.11. The van der Waals surface area contributed by atoms with Crippen LogP contribution >= 0.6 is 11.6 Å². The van der Waals surface area contributed by atoms with Crippen LogP contribution in [0.15, 0.2) is 36.4 Å². The first-order valence-electron chi connectivity index (χ1n) is 6.75. The molecule has 0 aliphatic heterocycles. The van der Waals surface area contributed by atoms with Crippen LogP contribution in [0.3, 0.4) is 0 Å². The minimum atomic E-state index is -0.247. The monoisotopic (exact) mass is 320 g/mol. The lowest BCUT2D eigenvalue weighted by Crippen LogP contribution is -2.26. The van der Waals surface area contributed by atoms with Gasteiger partial charge in [-0.05, 0) is 36.2 Å². The maximum absolute atomic E-state index is 11.9. The quantitative estimate of drug-likeness (QED) is 0.831. The molecule has 0 aliphatic carbocycles. The van der Waals surface area contributed by atoms with Crippen LogP contribution in [0.1, 0.15) is 16.1 Å². The second-order valence-electron chi connectivity index (χ2n) is 4.54. The highest BCUT2D eigenvalue weighted by Gasteiger charge is 2.08. The third-order valence-corrected chi connectivity index (χ3v) is 3.31. The Morgan fingerprint density at radius 3 is 2.64 bits per heavy atom. The number of halogens is 1. The molecule has 0 spiro atoms. The van der Waals surface area contributed by atoms with E-state index in [-0.39, 0.29) is 5.91 Å². The fourth-order valence-electron chi connectivity index (χ4n) is 1.98. The molecule has 6 heteroatoms.